The second-order valence-corrected chi connectivity index (χ2v) is 3.95. The van der Waals surface area contributed by atoms with Crippen LogP contribution >= 0.6 is 11.6 Å². The van der Waals surface area contributed by atoms with Gasteiger partial charge in [-0.05, 0) is 31.5 Å². The minimum absolute atomic E-state index is 0.0851. The minimum Gasteiger partial charge on any atom is -0.393 e. The van der Waals surface area contributed by atoms with Crippen LogP contribution in [0.15, 0.2) is 18.2 Å². The Bertz CT molecular complexity index is 382. The first-order valence-corrected chi connectivity index (χ1v) is 5.30. The van der Waals surface area contributed by atoms with E-state index in [1.54, 1.807) is 6.92 Å². The van der Waals surface area contributed by atoms with Crippen LogP contribution in [0.1, 0.15) is 23.7 Å². The second kappa shape index (κ2) is 5.82. The zero-order valence-electron chi connectivity index (χ0n) is 8.84. The number of aliphatic hydroxyl groups excluding tert-OH is 1. The maximum Gasteiger partial charge on any atom is 0.254 e. The van der Waals surface area contributed by atoms with E-state index in [4.69, 9.17) is 16.7 Å². The van der Waals surface area contributed by atoms with E-state index in [9.17, 15) is 9.18 Å². The quantitative estimate of drug-likeness (QED) is 0.852. The van der Waals surface area contributed by atoms with E-state index >= 15 is 0 Å². The van der Waals surface area contributed by atoms with Crippen molar-refractivity contribution in [3.63, 3.8) is 0 Å². The van der Waals surface area contributed by atoms with Gasteiger partial charge in [0, 0.05) is 11.6 Å². The van der Waals surface area contributed by atoms with Gasteiger partial charge in [-0.15, -0.1) is 0 Å². The van der Waals surface area contributed by atoms with Crippen molar-refractivity contribution in [3.05, 3.63) is 34.6 Å². The average molecular weight is 246 g/mol. The highest BCUT2D eigenvalue weighted by Gasteiger charge is 2.11. The summed E-state index contributed by atoms with van der Waals surface area (Å²) in [6, 6.07) is 3.80. The molecule has 0 aliphatic rings. The molecular formula is C11H13ClFNO2. The number of hydrogen-bond donors (Lipinski definition) is 2. The SMILES string of the molecule is CC(O)CCNC(=O)c1cc(Cl)ccc1F. The van der Waals surface area contributed by atoms with E-state index in [0.717, 1.165) is 6.07 Å². The average Bonchev–Trinajstić information content (AvgIpc) is 2.21. The molecule has 1 atom stereocenters. The van der Waals surface area contributed by atoms with Crippen LogP contribution < -0.4 is 5.32 Å². The highest BCUT2D eigenvalue weighted by atomic mass is 35.5. The lowest BCUT2D eigenvalue weighted by Gasteiger charge is -2.07. The van der Waals surface area contributed by atoms with E-state index in [0.29, 0.717) is 18.0 Å². The number of halogens is 2. The largest absolute Gasteiger partial charge is 0.393 e. The monoisotopic (exact) mass is 245 g/mol. The molecule has 0 spiro atoms. The van der Waals surface area contributed by atoms with Crippen molar-refractivity contribution in [2.45, 2.75) is 19.4 Å². The molecule has 16 heavy (non-hydrogen) atoms. The number of amides is 1. The molecule has 1 amide bonds. The van der Waals surface area contributed by atoms with Gasteiger partial charge in [-0.2, -0.15) is 0 Å². The number of aliphatic hydroxyl groups is 1. The Balaban J connectivity index is 2.62. The van der Waals surface area contributed by atoms with Gasteiger partial charge in [0.05, 0.1) is 11.7 Å². The molecule has 1 aromatic carbocycles. The van der Waals surface area contributed by atoms with Crippen LogP contribution in [-0.4, -0.2) is 23.7 Å². The minimum atomic E-state index is -0.612. The fourth-order valence-electron chi connectivity index (χ4n) is 1.16. The number of rotatable bonds is 4. The standard InChI is InChI=1S/C11H13ClFNO2/c1-7(15)4-5-14-11(16)9-6-8(12)2-3-10(9)13/h2-3,6-7,15H,4-5H2,1H3,(H,14,16). The van der Waals surface area contributed by atoms with Crippen LogP contribution in [0.3, 0.4) is 0 Å². The molecule has 1 unspecified atom stereocenters. The highest BCUT2D eigenvalue weighted by molar-refractivity contribution is 6.30. The Morgan fingerprint density at radius 2 is 2.31 bits per heavy atom. The molecule has 3 nitrogen and oxygen atoms in total. The fraction of sp³-hybridized carbons (Fsp3) is 0.364. The molecule has 88 valence electrons. The molecule has 0 aliphatic carbocycles. The summed E-state index contributed by atoms with van der Waals surface area (Å²) < 4.78 is 13.2. The fourth-order valence-corrected chi connectivity index (χ4v) is 1.33. The van der Waals surface area contributed by atoms with Crippen LogP contribution in [0, 0.1) is 5.82 Å². The number of carbonyl (C=O) groups excluding carboxylic acids is 1. The molecule has 0 saturated carbocycles. The molecule has 0 bridgehead atoms. The lowest BCUT2D eigenvalue weighted by molar-refractivity contribution is 0.0941. The van der Waals surface area contributed by atoms with Gasteiger partial charge in [0.2, 0.25) is 0 Å². The van der Waals surface area contributed by atoms with Crippen molar-refractivity contribution in [1.82, 2.24) is 5.32 Å². The molecule has 0 aromatic heterocycles. The summed E-state index contributed by atoms with van der Waals surface area (Å²) in [6.45, 7) is 1.91. The summed E-state index contributed by atoms with van der Waals surface area (Å²) in [4.78, 5) is 11.5. The van der Waals surface area contributed by atoms with Gasteiger partial charge in [-0.1, -0.05) is 11.6 Å². The molecular weight excluding hydrogens is 233 g/mol. The van der Waals surface area contributed by atoms with E-state index in [1.807, 2.05) is 0 Å². The molecule has 0 heterocycles. The summed E-state index contributed by atoms with van der Waals surface area (Å²) in [5, 5.41) is 11.8. The van der Waals surface area contributed by atoms with Gasteiger partial charge in [0.1, 0.15) is 5.82 Å². The van der Waals surface area contributed by atoms with Crippen LogP contribution in [0.4, 0.5) is 4.39 Å². The maximum atomic E-state index is 13.2. The molecule has 1 rings (SSSR count). The second-order valence-electron chi connectivity index (χ2n) is 3.52. The molecule has 0 radical (unpaired) electrons. The number of hydrogen-bond acceptors (Lipinski definition) is 2. The van der Waals surface area contributed by atoms with Gasteiger partial charge in [-0.25, -0.2) is 4.39 Å². The Morgan fingerprint density at radius 3 is 2.94 bits per heavy atom. The first-order chi connectivity index (χ1) is 7.50. The Morgan fingerprint density at radius 1 is 1.62 bits per heavy atom. The van der Waals surface area contributed by atoms with Crippen LogP contribution in [0.25, 0.3) is 0 Å². The van der Waals surface area contributed by atoms with E-state index in [1.165, 1.54) is 12.1 Å². The first kappa shape index (κ1) is 12.9. The maximum absolute atomic E-state index is 13.2. The van der Waals surface area contributed by atoms with Gasteiger partial charge < -0.3 is 10.4 Å². The van der Waals surface area contributed by atoms with Crippen LogP contribution in [0.5, 0.6) is 0 Å². The summed E-state index contributed by atoms with van der Waals surface area (Å²) in [6.07, 6.45) is -0.0713. The molecule has 0 saturated heterocycles. The predicted molar refractivity (Wildman–Crippen MR) is 60.0 cm³/mol. The zero-order valence-corrected chi connectivity index (χ0v) is 9.59. The van der Waals surface area contributed by atoms with Crippen molar-refractivity contribution < 1.29 is 14.3 Å². The summed E-state index contributed by atoms with van der Waals surface area (Å²) in [7, 11) is 0. The zero-order chi connectivity index (χ0) is 12.1. The van der Waals surface area contributed by atoms with E-state index < -0.39 is 17.8 Å². The lowest BCUT2D eigenvalue weighted by atomic mass is 10.2. The summed E-state index contributed by atoms with van der Waals surface area (Å²) in [5.74, 6) is -1.14. The number of nitrogens with one attached hydrogen (secondary N) is 1. The van der Waals surface area contributed by atoms with Gasteiger partial charge in [0.15, 0.2) is 0 Å². The van der Waals surface area contributed by atoms with Gasteiger partial charge >= 0.3 is 0 Å². The number of carbonyl (C=O) groups is 1. The van der Waals surface area contributed by atoms with Crippen molar-refractivity contribution in [1.29, 1.82) is 0 Å². The van der Waals surface area contributed by atoms with Crippen LogP contribution in [0.2, 0.25) is 5.02 Å². The molecule has 1 aromatic rings. The van der Waals surface area contributed by atoms with Crippen molar-refractivity contribution in [2.24, 2.45) is 0 Å². The third kappa shape index (κ3) is 3.79. The smallest absolute Gasteiger partial charge is 0.254 e. The topological polar surface area (TPSA) is 49.3 Å². The molecule has 0 fully saturated rings. The molecule has 5 heteroatoms. The van der Waals surface area contributed by atoms with Crippen molar-refractivity contribution in [3.8, 4) is 0 Å². The van der Waals surface area contributed by atoms with Gasteiger partial charge in [-0.3, -0.25) is 4.79 Å². The third-order valence-corrected chi connectivity index (χ3v) is 2.26. The Labute approximate surface area is 98.2 Å². The Hall–Kier alpha value is -1.13. The van der Waals surface area contributed by atoms with Crippen molar-refractivity contribution in [2.75, 3.05) is 6.54 Å². The van der Waals surface area contributed by atoms with E-state index in [-0.39, 0.29) is 5.56 Å². The molecule has 2 N–H and O–H groups in total. The van der Waals surface area contributed by atoms with E-state index in [2.05, 4.69) is 5.32 Å². The lowest BCUT2D eigenvalue weighted by Crippen LogP contribution is -2.27. The Kier molecular flexibility index (Phi) is 4.71. The summed E-state index contributed by atoms with van der Waals surface area (Å²) >= 11 is 5.66. The van der Waals surface area contributed by atoms with Crippen LogP contribution in [-0.2, 0) is 0 Å². The first-order valence-electron chi connectivity index (χ1n) is 4.92. The molecule has 0 aliphatic heterocycles. The van der Waals surface area contributed by atoms with Crippen molar-refractivity contribution >= 4 is 17.5 Å². The summed E-state index contributed by atoms with van der Waals surface area (Å²) in [5.41, 5.74) is -0.0851. The third-order valence-electron chi connectivity index (χ3n) is 2.02. The highest BCUT2D eigenvalue weighted by Crippen LogP contribution is 2.14. The normalized spacial score (nSPS) is 12.2. The van der Waals surface area contributed by atoms with Gasteiger partial charge in [0.25, 0.3) is 5.91 Å². The number of benzene rings is 1. The predicted octanol–water partition coefficient (Wildman–Crippen LogP) is 1.98.